The first-order valence-corrected chi connectivity index (χ1v) is 4.64. The smallest absolute Gasteiger partial charge is 0.144 e. The van der Waals surface area contributed by atoms with Gasteiger partial charge >= 0.3 is 0 Å². The van der Waals surface area contributed by atoms with E-state index >= 15 is 0 Å². The normalized spacial score (nSPS) is 14.5. The first-order chi connectivity index (χ1) is 4.84. The summed E-state index contributed by atoms with van der Waals surface area (Å²) in [7, 11) is -1.13. The third-order valence-electron chi connectivity index (χ3n) is 1.01. The Morgan fingerprint density at radius 1 is 1.45 bits per heavy atom. The molecule has 0 heterocycles. The molecule has 3 nitrogen and oxygen atoms in total. The first-order valence-electron chi connectivity index (χ1n) is 3.49. The highest BCUT2D eigenvalue weighted by atomic mass is 32.2. The standard InChI is InChI=1S/C7H15NO2S/c1-6(9)5-8-11(10)7(2,3)4/h8H,5H2,1-4H3. The zero-order chi connectivity index (χ0) is 9.07. The van der Waals surface area contributed by atoms with Crippen LogP contribution in [0.3, 0.4) is 0 Å². The number of hydrogen-bond acceptors (Lipinski definition) is 2. The van der Waals surface area contributed by atoms with Gasteiger partial charge in [-0.3, -0.25) is 4.79 Å². The van der Waals surface area contributed by atoms with Crippen LogP contribution in [0.4, 0.5) is 0 Å². The molecule has 0 aliphatic carbocycles. The molecule has 0 aliphatic heterocycles. The Bertz CT molecular complexity index is 172. The third-order valence-corrected chi connectivity index (χ3v) is 2.53. The Labute approximate surface area is 70.1 Å². The summed E-state index contributed by atoms with van der Waals surface area (Å²) >= 11 is 0. The van der Waals surface area contributed by atoms with Crippen LogP contribution in [-0.2, 0) is 15.8 Å². The van der Waals surface area contributed by atoms with Crippen molar-refractivity contribution in [2.45, 2.75) is 32.4 Å². The predicted molar refractivity (Wildman–Crippen MR) is 46.6 cm³/mol. The molecule has 1 atom stereocenters. The van der Waals surface area contributed by atoms with Crippen LogP contribution in [0.2, 0.25) is 0 Å². The minimum absolute atomic E-state index is 0.00241. The molecule has 0 fully saturated rings. The van der Waals surface area contributed by atoms with Gasteiger partial charge in [0.25, 0.3) is 0 Å². The molecule has 1 unspecified atom stereocenters. The minimum Gasteiger partial charge on any atom is -0.299 e. The van der Waals surface area contributed by atoms with Crippen molar-refractivity contribution in [3.8, 4) is 0 Å². The van der Waals surface area contributed by atoms with Crippen LogP contribution in [0.1, 0.15) is 27.7 Å². The summed E-state index contributed by atoms with van der Waals surface area (Å²) in [5.41, 5.74) is 0. The number of Topliss-reactive ketones (excluding diaryl/α,β-unsaturated/α-hetero) is 1. The van der Waals surface area contributed by atoms with Gasteiger partial charge < -0.3 is 0 Å². The number of ketones is 1. The zero-order valence-electron chi connectivity index (χ0n) is 7.43. The Hall–Kier alpha value is -0.220. The second-order valence-electron chi connectivity index (χ2n) is 3.40. The summed E-state index contributed by atoms with van der Waals surface area (Å²) in [5, 5.41) is 0. The molecule has 0 aromatic heterocycles. The highest BCUT2D eigenvalue weighted by Crippen LogP contribution is 2.07. The van der Waals surface area contributed by atoms with Gasteiger partial charge in [0.05, 0.1) is 22.3 Å². The number of rotatable bonds is 3. The Morgan fingerprint density at radius 3 is 2.18 bits per heavy atom. The maximum Gasteiger partial charge on any atom is 0.144 e. The molecule has 0 amide bonds. The lowest BCUT2D eigenvalue weighted by atomic mass is 10.3. The molecule has 0 bridgehead atoms. The van der Waals surface area contributed by atoms with Gasteiger partial charge in [0.2, 0.25) is 0 Å². The van der Waals surface area contributed by atoms with Gasteiger partial charge in [-0.2, -0.15) is 0 Å². The number of carbonyl (C=O) groups is 1. The van der Waals surface area contributed by atoms with E-state index < -0.39 is 11.0 Å². The fraction of sp³-hybridized carbons (Fsp3) is 0.857. The van der Waals surface area contributed by atoms with E-state index in [2.05, 4.69) is 4.72 Å². The lowest BCUT2D eigenvalue weighted by molar-refractivity contribution is -0.115. The van der Waals surface area contributed by atoms with Crippen molar-refractivity contribution in [2.24, 2.45) is 0 Å². The fourth-order valence-corrected chi connectivity index (χ4v) is 1.15. The van der Waals surface area contributed by atoms with Gasteiger partial charge in [-0.05, 0) is 27.7 Å². The van der Waals surface area contributed by atoms with Crippen LogP contribution < -0.4 is 4.72 Å². The SMILES string of the molecule is CC(=O)CNS(=O)C(C)(C)C. The molecule has 4 heteroatoms. The molecule has 0 spiro atoms. The maximum atomic E-state index is 11.2. The summed E-state index contributed by atoms with van der Waals surface area (Å²) in [4.78, 5) is 10.5. The van der Waals surface area contributed by atoms with E-state index in [1.54, 1.807) is 0 Å². The predicted octanol–water partition coefficient (Wildman–Crippen LogP) is 0.627. The van der Waals surface area contributed by atoms with E-state index in [1.807, 2.05) is 20.8 Å². The molecule has 11 heavy (non-hydrogen) atoms. The molecule has 0 saturated carbocycles. The molecular formula is C7H15NO2S. The summed E-state index contributed by atoms with van der Waals surface area (Å²) in [6.07, 6.45) is 0. The van der Waals surface area contributed by atoms with E-state index in [0.717, 1.165) is 0 Å². The maximum absolute atomic E-state index is 11.2. The van der Waals surface area contributed by atoms with E-state index in [4.69, 9.17) is 0 Å². The van der Waals surface area contributed by atoms with Gasteiger partial charge in [-0.1, -0.05) is 0 Å². The van der Waals surface area contributed by atoms with Crippen molar-refractivity contribution >= 4 is 16.8 Å². The van der Waals surface area contributed by atoms with Crippen LogP contribution in [-0.4, -0.2) is 21.3 Å². The molecule has 0 aromatic carbocycles. The highest BCUT2D eigenvalue weighted by molar-refractivity contribution is 7.84. The molecule has 0 rings (SSSR count). The topological polar surface area (TPSA) is 46.2 Å². The van der Waals surface area contributed by atoms with Gasteiger partial charge in [0.15, 0.2) is 0 Å². The van der Waals surface area contributed by atoms with Crippen molar-refractivity contribution in [3.05, 3.63) is 0 Å². The van der Waals surface area contributed by atoms with Crippen molar-refractivity contribution in [3.63, 3.8) is 0 Å². The van der Waals surface area contributed by atoms with Crippen LogP contribution in [0.5, 0.6) is 0 Å². The van der Waals surface area contributed by atoms with Crippen LogP contribution in [0.25, 0.3) is 0 Å². The Balaban J connectivity index is 3.80. The second kappa shape index (κ2) is 3.97. The lowest BCUT2D eigenvalue weighted by Gasteiger charge is -2.17. The third kappa shape index (κ3) is 5.09. The Kier molecular flexibility index (Phi) is 3.89. The quantitative estimate of drug-likeness (QED) is 0.687. The molecule has 0 radical (unpaired) electrons. The number of nitrogens with one attached hydrogen (secondary N) is 1. The highest BCUT2D eigenvalue weighted by Gasteiger charge is 2.18. The average molecular weight is 177 g/mol. The average Bonchev–Trinajstić information content (AvgIpc) is 1.80. The second-order valence-corrected chi connectivity index (χ2v) is 5.46. The number of hydrogen-bond donors (Lipinski definition) is 1. The molecular weight excluding hydrogens is 162 g/mol. The molecule has 66 valence electrons. The van der Waals surface area contributed by atoms with Crippen LogP contribution >= 0.6 is 0 Å². The minimum atomic E-state index is -1.13. The van der Waals surface area contributed by atoms with Gasteiger partial charge in [0, 0.05) is 0 Å². The first kappa shape index (κ1) is 10.8. The summed E-state index contributed by atoms with van der Waals surface area (Å²) in [6, 6.07) is 0. The zero-order valence-corrected chi connectivity index (χ0v) is 8.25. The molecule has 0 aromatic rings. The van der Waals surface area contributed by atoms with Crippen molar-refractivity contribution in [1.29, 1.82) is 0 Å². The van der Waals surface area contributed by atoms with Crippen molar-refractivity contribution in [1.82, 2.24) is 4.72 Å². The van der Waals surface area contributed by atoms with E-state index in [-0.39, 0.29) is 17.1 Å². The van der Waals surface area contributed by atoms with Gasteiger partial charge in [-0.15, -0.1) is 0 Å². The van der Waals surface area contributed by atoms with E-state index in [1.165, 1.54) is 6.92 Å². The van der Waals surface area contributed by atoms with E-state index in [0.29, 0.717) is 0 Å². The van der Waals surface area contributed by atoms with Crippen molar-refractivity contribution < 1.29 is 9.00 Å². The number of carbonyl (C=O) groups excluding carboxylic acids is 1. The summed E-state index contributed by atoms with van der Waals surface area (Å²) < 4.78 is 13.6. The Morgan fingerprint density at radius 2 is 1.91 bits per heavy atom. The lowest BCUT2D eigenvalue weighted by Crippen LogP contribution is -2.35. The van der Waals surface area contributed by atoms with Gasteiger partial charge in [-0.25, -0.2) is 8.93 Å². The summed E-state index contributed by atoms with van der Waals surface area (Å²) in [5.74, 6) is 0.00241. The van der Waals surface area contributed by atoms with Crippen molar-refractivity contribution in [2.75, 3.05) is 6.54 Å². The monoisotopic (exact) mass is 177 g/mol. The van der Waals surface area contributed by atoms with Gasteiger partial charge in [0.1, 0.15) is 5.78 Å². The molecule has 0 aliphatic rings. The van der Waals surface area contributed by atoms with Crippen LogP contribution in [0.15, 0.2) is 0 Å². The van der Waals surface area contributed by atoms with Crippen LogP contribution in [0, 0.1) is 0 Å². The molecule has 0 saturated heterocycles. The summed E-state index contributed by atoms with van der Waals surface area (Å²) in [6.45, 7) is 7.22. The largest absolute Gasteiger partial charge is 0.299 e. The molecule has 1 N–H and O–H groups in total. The van der Waals surface area contributed by atoms with E-state index in [9.17, 15) is 9.00 Å². The fourth-order valence-electron chi connectivity index (χ4n) is 0.384.